The highest BCUT2D eigenvalue weighted by molar-refractivity contribution is 7.98. The van der Waals surface area contributed by atoms with Gasteiger partial charge in [-0.25, -0.2) is 9.78 Å². The van der Waals surface area contributed by atoms with Gasteiger partial charge < -0.3 is 14.1 Å². The summed E-state index contributed by atoms with van der Waals surface area (Å²) >= 11 is 1.29. The maximum atomic E-state index is 12.4. The molecule has 8 heteroatoms. The number of para-hydroxylation sites is 1. The average molecular weight is 369 g/mol. The molecular formula is C18H15N3O4S. The first-order valence-electron chi connectivity index (χ1n) is 7.91. The summed E-state index contributed by atoms with van der Waals surface area (Å²) in [4.78, 5) is 30.5. The van der Waals surface area contributed by atoms with Crippen molar-refractivity contribution in [1.29, 1.82) is 5.26 Å². The molecule has 26 heavy (non-hydrogen) atoms. The molecule has 0 aliphatic rings. The number of unbranched alkanes of at least 4 members (excludes halogenated alkanes) is 1. The van der Waals surface area contributed by atoms with Gasteiger partial charge in [0.25, 0.3) is 5.56 Å². The van der Waals surface area contributed by atoms with E-state index in [9.17, 15) is 9.59 Å². The predicted molar refractivity (Wildman–Crippen MR) is 95.8 cm³/mol. The van der Waals surface area contributed by atoms with Crippen LogP contribution in [-0.4, -0.2) is 22.5 Å². The molecule has 0 spiro atoms. The van der Waals surface area contributed by atoms with E-state index in [0.29, 0.717) is 34.9 Å². The van der Waals surface area contributed by atoms with Crippen LogP contribution in [0.25, 0.3) is 11.0 Å². The maximum absolute atomic E-state index is 12.4. The van der Waals surface area contributed by atoms with E-state index in [-0.39, 0.29) is 17.9 Å². The quantitative estimate of drug-likeness (QED) is 0.294. The molecule has 1 N–H and O–H groups in total. The lowest BCUT2D eigenvalue weighted by Crippen LogP contribution is -2.08. The zero-order valence-electron chi connectivity index (χ0n) is 13.7. The van der Waals surface area contributed by atoms with E-state index in [1.165, 1.54) is 24.0 Å². The van der Waals surface area contributed by atoms with Crippen molar-refractivity contribution in [2.45, 2.75) is 23.8 Å². The fourth-order valence-corrected chi connectivity index (χ4v) is 3.23. The number of carbonyl (C=O) groups is 1. The van der Waals surface area contributed by atoms with Crippen LogP contribution >= 0.6 is 11.8 Å². The highest BCUT2D eigenvalue weighted by atomic mass is 32.2. The van der Waals surface area contributed by atoms with Gasteiger partial charge in [0.1, 0.15) is 5.58 Å². The van der Waals surface area contributed by atoms with E-state index in [0.717, 1.165) is 5.39 Å². The number of fused-ring (bicyclic) bond motifs is 1. The summed E-state index contributed by atoms with van der Waals surface area (Å²) in [6.07, 6.45) is 2.23. The Morgan fingerprint density at radius 3 is 3.00 bits per heavy atom. The fourth-order valence-electron chi connectivity index (χ4n) is 2.35. The fraction of sp³-hybridized carbons (Fsp3) is 0.222. The van der Waals surface area contributed by atoms with Crippen LogP contribution in [0.5, 0.6) is 0 Å². The number of hydrogen-bond donors (Lipinski definition) is 1. The topological polar surface area (TPSA) is 109 Å². The second-order valence-corrected chi connectivity index (χ2v) is 6.30. The van der Waals surface area contributed by atoms with Crippen LogP contribution in [0.2, 0.25) is 0 Å². The van der Waals surface area contributed by atoms with Gasteiger partial charge in [0.05, 0.1) is 12.7 Å². The molecule has 132 valence electrons. The van der Waals surface area contributed by atoms with E-state index in [1.807, 2.05) is 24.3 Å². The molecule has 0 fully saturated rings. The van der Waals surface area contributed by atoms with Crippen molar-refractivity contribution in [3.63, 3.8) is 0 Å². The molecule has 2 heterocycles. The lowest BCUT2D eigenvalue weighted by atomic mass is 10.1. The van der Waals surface area contributed by atoms with Crippen molar-refractivity contribution < 1.29 is 13.9 Å². The van der Waals surface area contributed by atoms with Crippen LogP contribution in [0.15, 0.2) is 50.9 Å². The van der Waals surface area contributed by atoms with Gasteiger partial charge in [-0.3, -0.25) is 4.79 Å². The van der Waals surface area contributed by atoms with Gasteiger partial charge in [-0.1, -0.05) is 30.0 Å². The number of nitrogens with zero attached hydrogens (tertiary/aromatic N) is 2. The van der Waals surface area contributed by atoms with Crippen molar-refractivity contribution in [2.24, 2.45) is 0 Å². The summed E-state index contributed by atoms with van der Waals surface area (Å²) in [7, 11) is 0. The Bertz CT molecular complexity index is 1020. The van der Waals surface area contributed by atoms with E-state index < -0.39 is 5.97 Å². The maximum Gasteiger partial charge on any atom is 0.374 e. The number of thioether (sulfide) groups is 1. The number of nitriles is 1. The van der Waals surface area contributed by atoms with Crippen molar-refractivity contribution in [3.05, 3.63) is 58.2 Å². The van der Waals surface area contributed by atoms with Crippen LogP contribution in [-0.2, 0) is 10.5 Å². The van der Waals surface area contributed by atoms with Crippen LogP contribution < -0.4 is 5.56 Å². The first kappa shape index (κ1) is 17.8. The second-order valence-electron chi connectivity index (χ2n) is 5.33. The number of ether oxygens (including phenoxy) is 1. The lowest BCUT2D eigenvalue weighted by Gasteiger charge is -2.04. The first-order valence-corrected chi connectivity index (χ1v) is 8.90. The number of rotatable bonds is 7. The minimum atomic E-state index is -0.566. The largest absolute Gasteiger partial charge is 0.460 e. The third-order valence-electron chi connectivity index (χ3n) is 3.55. The Balaban J connectivity index is 1.83. The van der Waals surface area contributed by atoms with Crippen molar-refractivity contribution in [1.82, 2.24) is 9.97 Å². The number of hydrogen-bond acceptors (Lipinski definition) is 7. The van der Waals surface area contributed by atoms with Gasteiger partial charge >= 0.3 is 5.97 Å². The predicted octanol–water partition coefficient (Wildman–Crippen LogP) is 3.27. The molecule has 0 saturated carbocycles. The normalized spacial score (nSPS) is 10.6. The highest BCUT2D eigenvalue weighted by Crippen LogP contribution is 2.31. The number of aromatic amines is 1. The standard InChI is InChI=1S/C18H15N3O4S/c19-8-3-4-10-24-17(23)16-13(12-5-1-2-6-14(12)25-16)11-26-18-20-9-7-15(22)21-18/h1-2,5-7,9H,3-4,10-11H2,(H,20,21,22). The number of aromatic nitrogens is 2. The number of esters is 1. The van der Waals surface area contributed by atoms with Gasteiger partial charge in [-0.2, -0.15) is 5.26 Å². The summed E-state index contributed by atoms with van der Waals surface area (Å²) in [5.74, 6) is -0.0507. The van der Waals surface area contributed by atoms with Crippen LogP contribution in [0.1, 0.15) is 29.0 Å². The van der Waals surface area contributed by atoms with Crippen LogP contribution in [0.4, 0.5) is 0 Å². The van der Waals surface area contributed by atoms with Crippen molar-refractivity contribution in [2.75, 3.05) is 6.61 Å². The molecule has 3 aromatic rings. The number of H-pyrrole nitrogens is 1. The SMILES string of the molecule is N#CCCCOC(=O)c1oc2ccccc2c1CSc1nccc(=O)[nH]1. The Morgan fingerprint density at radius 2 is 2.19 bits per heavy atom. The molecule has 2 aromatic heterocycles. The molecule has 0 radical (unpaired) electrons. The lowest BCUT2D eigenvalue weighted by molar-refractivity contribution is 0.0466. The molecule has 0 atom stereocenters. The molecule has 1 aromatic carbocycles. The number of nitrogens with one attached hydrogen (secondary N) is 1. The Morgan fingerprint density at radius 1 is 1.35 bits per heavy atom. The Labute approximate surface area is 153 Å². The summed E-state index contributed by atoms with van der Waals surface area (Å²) in [6, 6.07) is 10.7. The summed E-state index contributed by atoms with van der Waals surface area (Å²) in [5, 5.41) is 9.81. The number of benzene rings is 1. The molecule has 0 saturated heterocycles. The van der Waals surface area contributed by atoms with Gasteiger partial charge in [-0.05, 0) is 12.5 Å². The van der Waals surface area contributed by atoms with Gasteiger partial charge in [0, 0.05) is 35.4 Å². The second kappa shape index (κ2) is 8.36. The average Bonchev–Trinajstić information content (AvgIpc) is 3.02. The molecule has 7 nitrogen and oxygen atoms in total. The van der Waals surface area contributed by atoms with E-state index in [4.69, 9.17) is 14.4 Å². The third-order valence-corrected chi connectivity index (χ3v) is 4.46. The molecule has 0 unspecified atom stereocenters. The molecule has 0 amide bonds. The van der Waals surface area contributed by atoms with E-state index in [1.54, 1.807) is 6.07 Å². The zero-order valence-corrected chi connectivity index (χ0v) is 14.5. The Hall–Kier alpha value is -3.05. The minimum Gasteiger partial charge on any atom is -0.460 e. The third kappa shape index (κ3) is 4.13. The number of furan rings is 1. The van der Waals surface area contributed by atoms with Crippen molar-refractivity contribution in [3.8, 4) is 6.07 Å². The molecule has 0 aliphatic heterocycles. The minimum absolute atomic E-state index is 0.133. The van der Waals surface area contributed by atoms with Crippen LogP contribution in [0, 0.1) is 11.3 Å². The van der Waals surface area contributed by atoms with Gasteiger partial charge in [0.15, 0.2) is 5.16 Å². The molecular weight excluding hydrogens is 354 g/mol. The summed E-state index contributed by atoms with van der Waals surface area (Å²) < 4.78 is 10.9. The zero-order chi connectivity index (χ0) is 18.4. The van der Waals surface area contributed by atoms with Crippen LogP contribution in [0.3, 0.4) is 0 Å². The van der Waals surface area contributed by atoms with Crippen molar-refractivity contribution >= 4 is 28.7 Å². The van der Waals surface area contributed by atoms with Gasteiger partial charge in [0.2, 0.25) is 5.76 Å². The monoisotopic (exact) mass is 369 g/mol. The highest BCUT2D eigenvalue weighted by Gasteiger charge is 2.22. The molecule has 3 rings (SSSR count). The summed E-state index contributed by atoms with van der Waals surface area (Å²) in [6.45, 7) is 0.156. The smallest absolute Gasteiger partial charge is 0.374 e. The summed E-state index contributed by atoms with van der Waals surface area (Å²) in [5.41, 5.74) is 1.03. The van der Waals surface area contributed by atoms with Gasteiger partial charge in [-0.15, -0.1) is 0 Å². The van der Waals surface area contributed by atoms with E-state index >= 15 is 0 Å². The molecule has 0 bridgehead atoms. The first-order chi connectivity index (χ1) is 12.7. The Kier molecular flexibility index (Phi) is 5.71. The van der Waals surface area contributed by atoms with E-state index in [2.05, 4.69) is 9.97 Å². The molecule has 0 aliphatic carbocycles. The number of carbonyl (C=O) groups excluding carboxylic acids is 1.